The zero-order valence-electron chi connectivity index (χ0n) is 23.3. The van der Waals surface area contributed by atoms with Crippen molar-refractivity contribution in [1.82, 2.24) is 28.9 Å². The van der Waals surface area contributed by atoms with Crippen molar-refractivity contribution in [2.24, 2.45) is 17.9 Å². The van der Waals surface area contributed by atoms with Gasteiger partial charge in [-0.3, -0.25) is 14.5 Å². The zero-order chi connectivity index (χ0) is 30.9. The van der Waals surface area contributed by atoms with E-state index in [1.54, 1.807) is 43.8 Å². The van der Waals surface area contributed by atoms with Crippen molar-refractivity contribution in [2.45, 2.75) is 31.3 Å². The molecule has 4 heterocycles. The molecule has 0 radical (unpaired) electrons. The Bertz CT molecular complexity index is 1890. The number of hydrogen-bond acceptors (Lipinski definition) is 6. The van der Waals surface area contributed by atoms with Gasteiger partial charge in [-0.05, 0) is 60.0 Å². The number of fused-ring (bicyclic) bond motifs is 2. The number of piperidine rings is 1. The van der Waals surface area contributed by atoms with Crippen LogP contribution in [0.25, 0.3) is 11.8 Å². The van der Waals surface area contributed by atoms with E-state index in [9.17, 15) is 30.8 Å². The van der Waals surface area contributed by atoms with Crippen LogP contribution in [0.2, 0.25) is 0 Å². The Kier molecular flexibility index (Phi) is 6.51. The first kappa shape index (κ1) is 28.9. The van der Waals surface area contributed by atoms with E-state index in [-0.39, 0.29) is 24.4 Å². The van der Waals surface area contributed by atoms with E-state index >= 15 is 0 Å². The maximum atomic E-state index is 14.5. The molecule has 6 rings (SSSR count). The molecule has 0 saturated carbocycles. The Hall–Kier alpha value is -4.17. The number of hydrogen-bond donors (Lipinski definition) is 0. The number of nitrogens with zero attached hydrogens (tertiary/aromatic N) is 6. The second-order valence-corrected chi connectivity index (χ2v) is 13.5. The number of carbonyl (C=O) groups is 1. The highest BCUT2D eigenvalue weighted by molar-refractivity contribution is 7.89. The predicted molar refractivity (Wildman–Crippen MR) is 147 cm³/mol. The van der Waals surface area contributed by atoms with Crippen LogP contribution in [0.4, 0.5) is 17.6 Å². The molecule has 0 bridgehead atoms. The van der Waals surface area contributed by atoms with Gasteiger partial charge < -0.3 is 0 Å². The van der Waals surface area contributed by atoms with Gasteiger partial charge in [-0.1, -0.05) is 13.8 Å². The number of pyridine rings is 1. The van der Waals surface area contributed by atoms with E-state index in [2.05, 4.69) is 15.2 Å². The number of ketones is 1. The highest BCUT2D eigenvalue weighted by atomic mass is 32.2. The highest BCUT2D eigenvalue weighted by Gasteiger charge is 2.57. The molecule has 0 N–H and O–H groups in total. The quantitative estimate of drug-likeness (QED) is 0.239. The largest absolute Gasteiger partial charge is 0.416 e. The Labute approximate surface area is 244 Å². The van der Waals surface area contributed by atoms with E-state index in [1.165, 1.54) is 39.7 Å². The second-order valence-electron chi connectivity index (χ2n) is 11.5. The molecule has 1 aromatic carbocycles. The Morgan fingerprint density at radius 1 is 1.02 bits per heavy atom. The van der Waals surface area contributed by atoms with Gasteiger partial charge in [0.1, 0.15) is 16.4 Å². The van der Waals surface area contributed by atoms with Crippen LogP contribution in [0.5, 0.6) is 0 Å². The van der Waals surface area contributed by atoms with E-state index < -0.39 is 49.9 Å². The number of halogens is 4. The summed E-state index contributed by atoms with van der Waals surface area (Å²) in [5.74, 6) is -1.16. The van der Waals surface area contributed by atoms with Crippen LogP contribution < -0.4 is 0 Å². The van der Waals surface area contributed by atoms with Crippen molar-refractivity contribution >= 4 is 21.9 Å². The van der Waals surface area contributed by atoms with Gasteiger partial charge in [0.2, 0.25) is 10.0 Å². The molecule has 224 valence electrons. The number of carbonyl (C=O) groups excluding carboxylic acids is 1. The van der Waals surface area contributed by atoms with Crippen LogP contribution >= 0.6 is 0 Å². The lowest BCUT2D eigenvalue weighted by Crippen LogP contribution is -2.59. The molecule has 43 heavy (non-hydrogen) atoms. The van der Waals surface area contributed by atoms with Gasteiger partial charge in [0.25, 0.3) is 0 Å². The summed E-state index contributed by atoms with van der Waals surface area (Å²) in [5, 5.41) is 8.44. The molecule has 1 fully saturated rings. The van der Waals surface area contributed by atoms with Crippen molar-refractivity contribution in [2.75, 3.05) is 13.1 Å². The van der Waals surface area contributed by atoms with Gasteiger partial charge >= 0.3 is 6.18 Å². The number of benzene rings is 1. The maximum Gasteiger partial charge on any atom is 0.416 e. The third kappa shape index (κ3) is 4.78. The lowest BCUT2D eigenvalue weighted by Gasteiger charge is -2.52. The third-order valence-corrected chi connectivity index (χ3v) is 9.81. The molecular weight excluding hydrogens is 588 g/mol. The number of rotatable bonds is 5. The molecule has 1 aliphatic carbocycles. The number of sulfonamides is 1. The minimum Gasteiger partial charge on any atom is -0.291 e. The van der Waals surface area contributed by atoms with Crippen molar-refractivity contribution in [3.63, 3.8) is 0 Å². The van der Waals surface area contributed by atoms with Gasteiger partial charge in [0.15, 0.2) is 5.78 Å². The van der Waals surface area contributed by atoms with Crippen molar-refractivity contribution in [1.29, 1.82) is 0 Å². The van der Waals surface area contributed by atoms with E-state index in [4.69, 9.17) is 0 Å². The standard InChI is InChI=1S/C29H26F4N6O3S/c1-27(2)16-38(43(41,42)22-14-35-37(3)15-22)17-28(26(40)23-10-19(8-9-34-23)29(31,32)33)12-18-13-36-39(24(18)11-25(27)28)21-6-4-20(30)5-7-21/h4-11,13-15H,12,16-17H2,1-3H3. The molecule has 3 aromatic heterocycles. The Morgan fingerprint density at radius 2 is 1.74 bits per heavy atom. The fraction of sp³-hybridized carbons (Fsp3) is 0.310. The van der Waals surface area contributed by atoms with Crippen LogP contribution in [0.15, 0.2) is 71.7 Å². The summed E-state index contributed by atoms with van der Waals surface area (Å²) in [5.41, 5.74) is -1.73. The maximum absolute atomic E-state index is 14.5. The normalized spacial score (nSPS) is 20.3. The number of aromatic nitrogens is 5. The molecule has 14 heteroatoms. The fourth-order valence-electron chi connectivity index (χ4n) is 6.13. The summed E-state index contributed by atoms with van der Waals surface area (Å²) < 4.78 is 86.4. The Balaban J connectivity index is 1.54. The third-order valence-electron chi connectivity index (χ3n) is 8.07. The van der Waals surface area contributed by atoms with Gasteiger partial charge in [-0.2, -0.15) is 27.7 Å². The summed E-state index contributed by atoms with van der Waals surface area (Å²) in [7, 11) is -2.58. The molecular formula is C29H26F4N6O3S. The van der Waals surface area contributed by atoms with Crippen LogP contribution in [0.1, 0.15) is 41.2 Å². The van der Waals surface area contributed by atoms with E-state index in [0.29, 0.717) is 28.6 Å². The smallest absolute Gasteiger partial charge is 0.291 e. The van der Waals surface area contributed by atoms with Crippen molar-refractivity contribution in [3.8, 4) is 5.69 Å². The molecule has 1 atom stereocenters. The summed E-state index contributed by atoms with van der Waals surface area (Å²) in [6.07, 6.45) is 2.01. The average molecular weight is 615 g/mol. The molecule has 1 aliphatic heterocycles. The van der Waals surface area contributed by atoms with Crippen LogP contribution in [-0.2, 0) is 29.7 Å². The molecule has 0 amide bonds. The minimum absolute atomic E-state index is 0.0128. The first-order valence-electron chi connectivity index (χ1n) is 13.2. The second kappa shape index (κ2) is 9.67. The van der Waals surface area contributed by atoms with E-state index in [1.807, 2.05) is 0 Å². The zero-order valence-corrected chi connectivity index (χ0v) is 24.1. The minimum atomic E-state index is -4.72. The molecule has 2 aliphatic rings. The van der Waals surface area contributed by atoms with E-state index in [0.717, 1.165) is 12.3 Å². The number of Topliss-reactive ketones (excluding diaryl/α,β-unsaturated/α-hetero) is 1. The number of aryl methyl sites for hydroxylation is 1. The molecule has 4 aromatic rings. The lowest BCUT2D eigenvalue weighted by atomic mass is 9.58. The van der Waals surface area contributed by atoms with Crippen LogP contribution in [-0.4, -0.2) is 56.1 Å². The lowest BCUT2D eigenvalue weighted by molar-refractivity contribution is -0.137. The van der Waals surface area contributed by atoms with Gasteiger partial charge in [-0.25, -0.2) is 17.5 Å². The molecule has 0 spiro atoms. The molecule has 9 nitrogen and oxygen atoms in total. The summed E-state index contributed by atoms with van der Waals surface area (Å²) in [4.78, 5) is 18.4. The Morgan fingerprint density at radius 3 is 2.40 bits per heavy atom. The van der Waals surface area contributed by atoms with Crippen molar-refractivity contribution in [3.05, 3.63) is 95.1 Å². The fourth-order valence-corrected chi connectivity index (χ4v) is 7.78. The monoisotopic (exact) mass is 614 g/mol. The average Bonchev–Trinajstić information content (AvgIpc) is 3.57. The van der Waals surface area contributed by atoms with Gasteiger partial charge in [-0.15, -0.1) is 0 Å². The first-order chi connectivity index (χ1) is 20.1. The first-order valence-corrected chi connectivity index (χ1v) is 14.7. The highest BCUT2D eigenvalue weighted by Crippen LogP contribution is 2.53. The predicted octanol–water partition coefficient (Wildman–Crippen LogP) is 4.70. The molecule has 1 unspecified atom stereocenters. The number of alkyl halides is 3. The van der Waals surface area contributed by atoms with Crippen LogP contribution in [0.3, 0.4) is 0 Å². The van der Waals surface area contributed by atoms with Crippen LogP contribution in [0, 0.1) is 16.6 Å². The van der Waals surface area contributed by atoms with Gasteiger partial charge in [0.05, 0.1) is 34.8 Å². The summed E-state index contributed by atoms with van der Waals surface area (Å²) in [6, 6.07) is 7.16. The summed E-state index contributed by atoms with van der Waals surface area (Å²) >= 11 is 0. The topological polar surface area (TPSA) is 103 Å². The molecule has 1 saturated heterocycles. The van der Waals surface area contributed by atoms with Crippen molar-refractivity contribution < 1.29 is 30.8 Å². The SMILES string of the molecule is Cn1cc(S(=O)(=O)N2CC(C)(C)C3=Cc4c(cnn4-c4ccc(F)cc4)CC3(C(=O)c3cc(C(F)(F)F)ccn3)C2)cn1. The van der Waals surface area contributed by atoms with Gasteiger partial charge in [0, 0.05) is 37.9 Å². The summed E-state index contributed by atoms with van der Waals surface area (Å²) in [6.45, 7) is 3.22.